The smallest absolute Gasteiger partial charge is 0.184 e. The molecule has 1 aromatic carbocycles. The van der Waals surface area contributed by atoms with Crippen LogP contribution in [-0.4, -0.2) is 22.7 Å². The first-order chi connectivity index (χ1) is 6.16. The Hall–Kier alpha value is -1.00. The number of phenols is 1. The zero-order chi connectivity index (χ0) is 9.84. The lowest BCUT2D eigenvalue weighted by molar-refractivity contribution is 0.0967. The fourth-order valence-corrected chi connectivity index (χ4v) is 1.13. The van der Waals surface area contributed by atoms with E-state index < -0.39 is 6.04 Å². The van der Waals surface area contributed by atoms with Crippen molar-refractivity contribution < 1.29 is 9.90 Å². The van der Waals surface area contributed by atoms with Gasteiger partial charge >= 0.3 is 0 Å². The summed E-state index contributed by atoms with van der Waals surface area (Å²) in [4.78, 5) is 11.5. The van der Waals surface area contributed by atoms with E-state index in [1.165, 1.54) is 6.07 Å². The Morgan fingerprint density at radius 1 is 1.54 bits per heavy atom. The number of hydrogen-bond donors (Lipinski definition) is 3. The van der Waals surface area contributed by atoms with E-state index >= 15 is 0 Å². The molecule has 0 saturated carbocycles. The SMILES string of the molecule is N[C@H](CS)C(=O)c1ccccc1O. The second kappa shape index (κ2) is 4.30. The Labute approximate surface area is 82.0 Å². The molecule has 0 heterocycles. The number of ketones is 1. The number of thiol groups is 1. The topological polar surface area (TPSA) is 63.3 Å². The number of aromatic hydroxyl groups is 1. The quantitative estimate of drug-likeness (QED) is 0.497. The third-order valence-electron chi connectivity index (χ3n) is 1.70. The molecule has 3 nitrogen and oxygen atoms in total. The predicted octanol–water partition coefficient (Wildman–Crippen LogP) is 0.832. The van der Waals surface area contributed by atoms with Crippen LogP contribution in [0.1, 0.15) is 10.4 Å². The summed E-state index contributed by atoms with van der Waals surface area (Å²) in [5.74, 6) is -0.0505. The van der Waals surface area contributed by atoms with Gasteiger partial charge in [-0.05, 0) is 12.1 Å². The lowest BCUT2D eigenvalue weighted by atomic mass is 10.1. The Morgan fingerprint density at radius 3 is 2.69 bits per heavy atom. The van der Waals surface area contributed by atoms with Gasteiger partial charge in [0.2, 0.25) is 0 Å². The third kappa shape index (κ3) is 2.23. The van der Waals surface area contributed by atoms with E-state index in [9.17, 15) is 9.90 Å². The Bertz CT molecular complexity index is 314. The van der Waals surface area contributed by atoms with Crippen molar-refractivity contribution in [3.63, 3.8) is 0 Å². The number of phenolic OH excluding ortho intramolecular Hbond substituents is 1. The maximum absolute atomic E-state index is 11.5. The van der Waals surface area contributed by atoms with Gasteiger partial charge < -0.3 is 10.8 Å². The minimum Gasteiger partial charge on any atom is -0.507 e. The van der Waals surface area contributed by atoms with Gasteiger partial charge in [-0.25, -0.2) is 0 Å². The van der Waals surface area contributed by atoms with Gasteiger partial charge in [-0.2, -0.15) is 12.6 Å². The summed E-state index contributed by atoms with van der Waals surface area (Å²) in [7, 11) is 0. The highest BCUT2D eigenvalue weighted by molar-refractivity contribution is 7.80. The number of rotatable bonds is 3. The minimum atomic E-state index is -0.656. The van der Waals surface area contributed by atoms with E-state index in [1.807, 2.05) is 0 Å². The molecule has 0 unspecified atom stereocenters. The number of benzene rings is 1. The van der Waals surface area contributed by atoms with E-state index in [0.29, 0.717) is 0 Å². The lowest BCUT2D eigenvalue weighted by Gasteiger charge is -2.07. The van der Waals surface area contributed by atoms with Crippen molar-refractivity contribution in [2.45, 2.75) is 6.04 Å². The van der Waals surface area contributed by atoms with E-state index in [0.717, 1.165) is 0 Å². The Kier molecular flexibility index (Phi) is 3.33. The molecule has 4 heteroatoms. The van der Waals surface area contributed by atoms with Gasteiger partial charge in [0.05, 0.1) is 11.6 Å². The molecule has 13 heavy (non-hydrogen) atoms. The molecular formula is C9H11NO2S. The molecule has 0 amide bonds. The summed E-state index contributed by atoms with van der Waals surface area (Å²) in [5.41, 5.74) is 5.73. The van der Waals surface area contributed by atoms with Crippen LogP contribution in [0.4, 0.5) is 0 Å². The fraction of sp³-hybridized carbons (Fsp3) is 0.222. The lowest BCUT2D eigenvalue weighted by Crippen LogP contribution is -2.32. The molecule has 0 fully saturated rings. The number of para-hydroxylation sites is 1. The average molecular weight is 197 g/mol. The minimum absolute atomic E-state index is 0.0373. The normalized spacial score (nSPS) is 12.5. The maximum Gasteiger partial charge on any atom is 0.184 e. The van der Waals surface area contributed by atoms with Crippen molar-refractivity contribution >= 4 is 18.4 Å². The van der Waals surface area contributed by atoms with Crippen LogP contribution in [-0.2, 0) is 0 Å². The highest BCUT2D eigenvalue weighted by atomic mass is 32.1. The monoisotopic (exact) mass is 197 g/mol. The highest BCUT2D eigenvalue weighted by Crippen LogP contribution is 2.17. The van der Waals surface area contributed by atoms with Crippen LogP contribution in [0.5, 0.6) is 5.75 Å². The summed E-state index contributed by atoms with van der Waals surface area (Å²) >= 11 is 3.91. The second-order valence-electron chi connectivity index (χ2n) is 2.67. The van der Waals surface area contributed by atoms with Crippen molar-refractivity contribution in [3.8, 4) is 5.75 Å². The van der Waals surface area contributed by atoms with Gasteiger partial charge in [0.25, 0.3) is 0 Å². The first kappa shape index (κ1) is 10.1. The molecule has 0 aliphatic rings. The van der Waals surface area contributed by atoms with Gasteiger partial charge in [-0.3, -0.25) is 4.79 Å². The maximum atomic E-state index is 11.5. The molecule has 0 spiro atoms. The summed E-state index contributed by atoms with van der Waals surface area (Å²) in [6, 6.07) is 5.67. The van der Waals surface area contributed by atoms with Gasteiger partial charge in [-0.15, -0.1) is 0 Å². The van der Waals surface area contributed by atoms with Crippen LogP contribution in [0.15, 0.2) is 24.3 Å². The van der Waals surface area contributed by atoms with Gasteiger partial charge in [0.1, 0.15) is 5.75 Å². The first-order valence-corrected chi connectivity index (χ1v) is 4.48. The molecule has 0 aliphatic heterocycles. The summed E-state index contributed by atoms with van der Waals surface area (Å²) in [6.45, 7) is 0. The molecule has 0 aromatic heterocycles. The predicted molar refractivity (Wildman–Crippen MR) is 54.3 cm³/mol. The molecule has 1 atom stereocenters. The molecular weight excluding hydrogens is 186 g/mol. The van der Waals surface area contributed by atoms with Crippen molar-refractivity contribution in [1.82, 2.24) is 0 Å². The summed E-state index contributed by atoms with van der Waals surface area (Å²) in [6.07, 6.45) is 0. The molecule has 1 aromatic rings. The molecule has 70 valence electrons. The summed E-state index contributed by atoms with van der Waals surface area (Å²) < 4.78 is 0. The van der Waals surface area contributed by atoms with Crippen LogP contribution in [0, 0.1) is 0 Å². The van der Waals surface area contributed by atoms with Crippen LogP contribution in [0.25, 0.3) is 0 Å². The zero-order valence-electron chi connectivity index (χ0n) is 6.97. The van der Waals surface area contributed by atoms with Crippen LogP contribution in [0.3, 0.4) is 0 Å². The number of Topliss-reactive ketones (excluding diaryl/α,β-unsaturated/α-hetero) is 1. The van der Waals surface area contributed by atoms with E-state index in [2.05, 4.69) is 12.6 Å². The Morgan fingerprint density at radius 2 is 2.15 bits per heavy atom. The Balaban J connectivity index is 2.95. The van der Waals surface area contributed by atoms with Crippen molar-refractivity contribution in [2.75, 3.05) is 5.75 Å². The average Bonchev–Trinajstić information content (AvgIpc) is 2.16. The van der Waals surface area contributed by atoms with Gasteiger partial charge in [0.15, 0.2) is 5.78 Å². The number of carbonyl (C=O) groups is 1. The van der Waals surface area contributed by atoms with E-state index in [-0.39, 0.29) is 22.8 Å². The van der Waals surface area contributed by atoms with E-state index in [4.69, 9.17) is 5.73 Å². The molecule has 1 rings (SSSR count). The number of hydrogen-bond acceptors (Lipinski definition) is 4. The van der Waals surface area contributed by atoms with Gasteiger partial charge in [-0.1, -0.05) is 12.1 Å². The van der Waals surface area contributed by atoms with Crippen molar-refractivity contribution in [3.05, 3.63) is 29.8 Å². The van der Waals surface area contributed by atoms with Crippen LogP contribution < -0.4 is 5.73 Å². The molecule has 0 bridgehead atoms. The molecule has 0 radical (unpaired) electrons. The number of nitrogens with two attached hydrogens (primary N) is 1. The van der Waals surface area contributed by atoms with Crippen LogP contribution in [0.2, 0.25) is 0 Å². The third-order valence-corrected chi connectivity index (χ3v) is 2.10. The first-order valence-electron chi connectivity index (χ1n) is 3.85. The highest BCUT2D eigenvalue weighted by Gasteiger charge is 2.16. The summed E-state index contributed by atoms with van der Waals surface area (Å²) in [5, 5.41) is 9.32. The van der Waals surface area contributed by atoms with Gasteiger partial charge in [0, 0.05) is 5.75 Å². The number of carbonyl (C=O) groups excluding carboxylic acids is 1. The molecule has 0 aliphatic carbocycles. The second-order valence-corrected chi connectivity index (χ2v) is 3.04. The fourth-order valence-electron chi connectivity index (χ4n) is 0.965. The largest absolute Gasteiger partial charge is 0.507 e. The van der Waals surface area contributed by atoms with Crippen LogP contribution >= 0.6 is 12.6 Å². The van der Waals surface area contributed by atoms with E-state index in [1.54, 1.807) is 18.2 Å². The zero-order valence-corrected chi connectivity index (χ0v) is 7.87. The van der Waals surface area contributed by atoms with Crippen molar-refractivity contribution in [1.29, 1.82) is 0 Å². The van der Waals surface area contributed by atoms with Crippen molar-refractivity contribution in [2.24, 2.45) is 5.73 Å². The standard InChI is InChI=1S/C9H11NO2S/c10-7(5-13)9(12)6-3-1-2-4-8(6)11/h1-4,7,11,13H,5,10H2/t7-/m1/s1. The molecule has 3 N–H and O–H groups in total. The molecule has 0 saturated heterocycles.